The Balaban J connectivity index is 2.64. The van der Waals surface area contributed by atoms with Crippen LogP contribution >= 0.6 is 0 Å². The number of esters is 1. The molecule has 0 radical (unpaired) electrons. The molecule has 1 saturated heterocycles. The van der Waals surface area contributed by atoms with Crippen molar-refractivity contribution in [3.63, 3.8) is 0 Å². The molecule has 1 aliphatic heterocycles. The lowest BCUT2D eigenvalue weighted by atomic mass is 9.91. The van der Waals surface area contributed by atoms with Crippen LogP contribution in [-0.2, 0) is 14.3 Å². The summed E-state index contributed by atoms with van der Waals surface area (Å²) < 4.78 is 10.3. The van der Waals surface area contributed by atoms with Gasteiger partial charge in [0.15, 0.2) is 0 Å². The average molecular weight is 262 g/mol. The number of ether oxygens (including phenoxy) is 2. The Morgan fingerprint density at radius 2 is 1.72 bits per heavy atom. The summed E-state index contributed by atoms with van der Waals surface area (Å²) in [5.41, 5.74) is 0. The SMILES string of the molecule is CC(=O)OC[C@H]1O[C@H](CC(C)C)[C@@H](O)[C@@H](O)[C@@H]1O. The molecule has 1 fully saturated rings. The van der Waals surface area contributed by atoms with E-state index in [1.54, 1.807) is 0 Å². The number of carbonyl (C=O) groups excluding carboxylic acids is 1. The average Bonchev–Trinajstić information content (AvgIpc) is 2.27. The zero-order chi connectivity index (χ0) is 13.9. The van der Waals surface area contributed by atoms with E-state index in [4.69, 9.17) is 9.47 Å². The van der Waals surface area contributed by atoms with Crippen molar-refractivity contribution < 1.29 is 29.6 Å². The van der Waals surface area contributed by atoms with E-state index in [2.05, 4.69) is 0 Å². The van der Waals surface area contributed by atoms with Crippen molar-refractivity contribution in [2.45, 2.75) is 57.7 Å². The predicted octanol–water partition coefficient (Wildman–Crippen LogP) is -0.554. The minimum Gasteiger partial charge on any atom is -0.463 e. The third kappa shape index (κ3) is 3.91. The van der Waals surface area contributed by atoms with Gasteiger partial charge in [-0.25, -0.2) is 0 Å². The van der Waals surface area contributed by atoms with Crippen LogP contribution in [0.2, 0.25) is 0 Å². The Morgan fingerprint density at radius 3 is 2.22 bits per heavy atom. The molecule has 18 heavy (non-hydrogen) atoms. The second-order valence-electron chi connectivity index (χ2n) is 5.12. The molecule has 3 N–H and O–H groups in total. The summed E-state index contributed by atoms with van der Waals surface area (Å²) in [6.07, 6.45) is -4.50. The number of carbonyl (C=O) groups is 1. The number of hydrogen-bond donors (Lipinski definition) is 3. The van der Waals surface area contributed by atoms with Crippen LogP contribution in [0.4, 0.5) is 0 Å². The van der Waals surface area contributed by atoms with E-state index >= 15 is 0 Å². The summed E-state index contributed by atoms with van der Waals surface area (Å²) in [5, 5.41) is 29.3. The van der Waals surface area contributed by atoms with Crippen molar-refractivity contribution in [1.29, 1.82) is 0 Å². The van der Waals surface area contributed by atoms with E-state index < -0.39 is 36.5 Å². The molecule has 0 amide bonds. The Morgan fingerprint density at radius 1 is 1.17 bits per heavy atom. The van der Waals surface area contributed by atoms with Crippen LogP contribution in [0.1, 0.15) is 27.2 Å². The maximum Gasteiger partial charge on any atom is 0.302 e. The van der Waals surface area contributed by atoms with Crippen LogP contribution in [0.25, 0.3) is 0 Å². The molecular formula is C12H22O6. The molecule has 6 heteroatoms. The molecule has 0 aliphatic carbocycles. The summed E-state index contributed by atoms with van der Waals surface area (Å²) in [6, 6.07) is 0. The van der Waals surface area contributed by atoms with Crippen molar-refractivity contribution in [2.75, 3.05) is 6.61 Å². The minimum absolute atomic E-state index is 0.130. The van der Waals surface area contributed by atoms with E-state index in [1.807, 2.05) is 13.8 Å². The lowest BCUT2D eigenvalue weighted by Gasteiger charge is -2.41. The Kier molecular flexibility index (Phi) is 5.52. The molecule has 6 nitrogen and oxygen atoms in total. The van der Waals surface area contributed by atoms with Gasteiger partial charge in [-0.15, -0.1) is 0 Å². The maximum absolute atomic E-state index is 10.7. The third-order valence-corrected chi connectivity index (χ3v) is 2.97. The number of aliphatic hydroxyl groups excluding tert-OH is 3. The van der Waals surface area contributed by atoms with Crippen molar-refractivity contribution >= 4 is 5.97 Å². The van der Waals surface area contributed by atoms with E-state index in [1.165, 1.54) is 6.92 Å². The zero-order valence-corrected chi connectivity index (χ0v) is 10.9. The first-order valence-electron chi connectivity index (χ1n) is 6.16. The van der Waals surface area contributed by atoms with Gasteiger partial charge in [0.2, 0.25) is 0 Å². The van der Waals surface area contributed by atoms with Crippen LogP contribution in [0.5, 0.6) is 0 Å². The second-order valence-corrected chi connectivity index (χ2v) is 5.12. The summed E-state index contributed by atoms with van der Waals surface area (Å²) >= 11 is 0. The standard InChI is InChI=1S/C12H22O6/c1-6(2)4-8-10(14)12(16)11(15)9(18-8)5-17-7(3)13/h6,8-12,14-16H,4-5H2,1-3H3/t8-,9-,10-,11-,12-/m1/s1. The van der Waals surface area contributed by atoms with Crippen LogP contribution in [0.3, 0.4) is 0 Å². The van der Waals surface area contributed by atoms with E-state index in [0.717, 1.165) is 0 Å². The van der Waals surface area contributed by atoms with Crippen molar-refractivity contribution in [3.05, 3.63) is 0 Å². The Labute approximate surface area is 107 Å². The topological polar surface area (TPSA) is 96.2 Å². The van der Waals surface area contributed by atoms with Gasteiger partial charge >= 0.3 is 5.97 Å². The minimum atomic E-state index is -1.29. The fraction of sp³-hybridized carbons (Fsp3) is 0.917. The van der Waals surface area contributed by atoms with E-state index in [0.29, 0.717) is 6.42 Å². The molecule has 0 bridgehead atoms. The summed E-state index contributed by atoms with van der Waals surface area (Å²) in [5.74, 6) is -0.201. The fourth-order valence-corrected chi connectivity index (χ4v) is 2.02. The molecule has 0 saturated carbocycles. The van der Waals surface area contributed by atoms with Gasteiger partial charge in [-0.3, -0.25) is 4.79 Å². The van der Waals surface area contributed by atoms with Crippen LogP contribution in [0.15, 0.2) is 0 Å². The van der Waals surface area contributed by atoms with Gasteiger partial charge in [-0.2, -0.15) is 0 Å². The number of rotatable bonds is 4. The molecule has 106 valence electrons. The first-order chi connectivity index (χ1) is 8.32. The highest BCUT2D eigenvalue weighted by Gasteiger charge is 2.43. The van der Waals surface area contributed by atoms with Gasteiger partial charge < -0.3 is 24.8 Å². The maximum atomic E-state index is 10.7. The molecular weight excluding hydrogens is 240 g/mol. The molecule has 0 aromatic heterocycles. The van der Waals surface area contributed by atoms with Gasteiger partial charge in [0.05, 0.1) is 6.10 Å². The van der Waals surface area contributed by atoms with Crippen LogP contribution in [0, 0.1) is 5.92 Å². The third-order valence-electron chi connectivity index (χ3n) is 2.97. The fourth-order valence-electron chi connectivity index (χ4n) is 2.02. The normalized spacial score (nSPS) is 36.7. The van der Waals surface area contributed by atoms with Gasteiger partial charge in [-0.1, -0.05) is 13.8 Å². The molecule has 1 aliphatic rings. The highest BCUT2D eigenvalue weighted by Crippen LogP contribution is 2.25. The van der Waals surface area contributed by atoms with Crippen LogP contribution in [-0.4, -0.2) is 58.4 Å². The number of aliphatic hydroxyl groups is 3. The van der Waals surface area contributed by atoms with Gasteiger partial charge in [0, 0.05) is 6.92 Å². The van der Waals surface area contributed by atoms with E-state index in [-0.39, 0.29) is 12.5 Å². The number of hydrogen-bond acceptors (Lipinski definition) is 6. The highest BCUT2D eigenvalue weighted by atomic mass is 16.6. The first-order valence-corrected chi connectivity index (χ1v) is 6.16. The van der Waals surface area contributed by atoms with Gasteiger partial charge in [-0.05, 0) is 12.3 Å². The quantitative estimate of drug-likeness (QED) is 0.588. The summed E-state index contributed by atoms with van der Waals surface area (Å²) in [7, 11) is 0. The summed E-state index contributed by atoms with van der Waals surface area (Å²) in [4.78, 5) is 10.7. The smallest absolute Gasteiger partial charge is 0.302 e. The van der Waals surface area contributed by atoms with Gasteiger partial charge in [0.25, 0.3) is 0 Å². The monoisotopic (exact) mass is 262 g/mol. The second kappa shape index (κ2) is 6.47. The van der Waals surface area contributed by atoms with Crippen LogP contribution < -0.4 is 0 Å². The Hall–Kier alpha value is -0.690. The highest BCUT2D eigenvalue weighted by molar-refractivity contribution is 5.65. The molecule has 0 spiro atoms. The zero-order valence-electron chi connectivity index (χ0n) is 10.9. The molecule has 0 aromatic carbocycles. The van der Waals surface area contributed by atoms with Crippen molar-refractivity contribution in [2.24, 2.45) is 5.92 Å². The molecule has 5 atom stereocenters. The van der Waals surface area contributed by atoms with E-state index in [9.17, 15) is 20.1 Å². The Bertz CT molecular complexity index is 280. The summed E-state index contributed by atoms with van der Waals surface area (Å²) in [6.45, 7) is 5.06. The lowest BCUT2D eigenvalue weighted by molar-refractivity contribution is -0.234. The largest absolute Gasteiger partial charge is 0.463 e. The van der Waals surface area contributed by atoms with Gasteiger partial charge in [0.1, 0.15) is 31.0 Å². The van der Waals surface area contributed by atoms with Crippen molar-refractivity contribution in [3.8, 4) is 0 Å². The predicted molar refractivity (Wildman–Crippen MR) is 62.8 cm³/mol. The lowest BCUT2D eigenvalue weighted by Crippen LogP contribution is -2.58. The molecule has 1 rings (SSSR count). The first kappa shape index (κ1) is 15.4. The van der Waals surface area contributed by atoms with Crippen molar-refractivity contribution in [1.82, 2.24) is 0 Å². The molecule has 1 heterocycles. The molecule has 0 unspecified atom stereocenters. The molecule has 0 aromatic rings.